The lowest BCUT2D eigenvalue weighted by Crippen LogP contribution is -2.42. The first-order valence-electron chi connectivity index (χ1n) is 14.1. The number of halogens is 5. The number of hydrogen-bond acceptors (Lipinski definition) is 5. The Kier molecular flexibility index (Phi) is 7.98. The molecule has 1 unspecified atom stereocenters. The molecule has 0 spiro atoms. The number of benzene rings is 2. The number of fused-ring (bicyclic) bond motifs is 1. The van der Waals surface area contributed by atoms with Gasteiger partial charge in [-0.15, -0.1) is 11.3 Å². The number of alkyl halides is 3. The van der Waals surface area contributed by atoms with Gasteiger partial charge in [-0.05, 0) is 98.4 Å². The smallest absolute Gasteiger partial charge is 0.374 e. The van der Waals surface area contributed by atoms with Crippen molar-refractivity contribution >= 4 is 57.1 Å². The lowest BCUT2D eigenvalue weighted by atomic mass is 9.86. The molecule has 0 radical (unpaired) electrons. The number of oxime groups is 1. The van der Waals surface area contributed by atoms with Gasteiger partial charge in [0.1, 0.15) is 5.00 Å². The second-order valence-corrected chi connectivity index (χ2v) is 13.3. The molecule has 2 amide bonds. The third kappa shape index (κ3) is 5.89. The van der Waals surface area contributed by atoms with Gasteiger partial charge in [-0.1, -0.05) is 34.4 Å². The van der Waals surface area contributed by atoms with Crippen LogP contribution in [0.3, 0.4) is 0 Å². The van der Waals surface area contributed by atoms with E-state index in [9.17, 15) is 22.8 Å². The van der Waals surface area contributed by atoms with Crippen LogP contribution in [0.15, 0.2) is 41.6 Å². The van der Waals surface area contributed by atoms with Crippen molar-refractivity contribution in [3.05, 3.63) is 84.7 Å². The van der Waals surface area contributed by atoms with Crippen molar-refractivity contribution < 1.29 is 27.6 Å². The zero-order chi connectivity index (χ0) is 30.5. The molecular weight excluding hydrogens is 622 g/mol. The molecule has 6 nitrogen and oxygen atoms in total. The summed E-state index contributed by atoms with van der Waals surface area (Å²) in [5.74, 6) is -0.0409. The van der Waals surface area contributed by atoms with Crippen molar-refractivity contribution in [2.24, 2.45) is 11.1 Å². The van der Waals surface area contributed by atoms with E-state index in [4.69, 9.17) is 28.0 Å². The molecule has 2 heterocycles. The standard InChI is InChI=1S/C31H28Cl2F3N3O3S/c1-16-10-18(24-14-30(42-39-24,31(34,35)36)19-11-20(32)13-21(33)12-19)8-9-22(16)27(40)38-29-26(28(41)37-15-17-6-7-17)23-4-2-3-5-25(23)43-29/h8-13,17H,2-7,14-15H2,1H3,(H,37,41)(H,38,40). The van der Waals surface area contributed by atoms with Crippen LogP contribution >= 0.6 is 34.5 Å². The average Bonchev–Trinajstić information content (AvgIpc) is 3.53. The van der Waals surface area contributed by atoms with Crippen LogP contribution in [-0.2, 0) is 23.3 Å². The Morgan fingerprint density at radius 1 is 1.07 bits per heavy atom. The van der Waals surface area contributed by atoms with Crippen LogP contribution in [0.4, 0.5) is 18.2 Å². The summed E-state index contributed by atoms with van der Waals surface area (Å²) in [6.45, 7) is 2.33. The minimum atomic E-state index is -4.82. The van der Waals surface area contributed by atoms with Gasteiger partial charge >= 0.3 is 6.18 Å². The third-order valence-electron chi connectivity index (χ3n) is 8.19. The van der Waals surface area contributed by atoms with Crippen molar-refractivity contribution in [3.8, 4) is 0 Å². The maximum Gasteiger partial charge on any atom is 0.435 e. The summed E-state index contributed by atoms with van der Waals surface area (Å²) in [5.41, 5.74) is -0.110. The number of anilines is 1. The molecule has 2 aliphatic carbocycles. The fourth-order valence-corrected chi connectivity index (χ4v) is 7.46. The number of amides is 2. The Bertz CT molecular complexity index is 1630. The van der Waals surface area contributed by atoms with Gasteiger partial charge in [0.15, 0.2) is 0 Å². The number of thiophene rings is 1. The first-order chi connectivity index (χ1) is 20.4. The Hall–Kier alpha value is -3.08. The van der Waals surface area contributed by atoms with Crippen LogP contribution in [0.1, 0.15) is 80.0 Å². The summed E-state index contributed by atoms with van der Waals surface area (Å²) in [7, 11) is 0. The molecule has 2 aromatic carbocycles. The molecule has 226 valence electrons. The van der Waals surface area contributed by atoms with E-state index in [1.165, 1.54) is 29.5 Å². The van der Waals surface area contributed by atoms with Crippen molar-refractivity contribution in [2.45, 2.75) is 63.6 Å². The summed E-state index contributed by atoms with van der Waals surface area (Å²) in [6.07, 6.45) is 0.523. The van der Waals surface area contributed by atoms with E-state index < -0.39 is 24.1 Å². The molecule has 3 aromatic rings. The lowest BCUT2D eigenvalue weighted by molar-refractivity contribution is -0.275. The van der Waals surface area contributed by atoms with Crippen LogP contribution in [0.5, 0.6) is 0 Å². The summed E-state index contributed by atoms with van der Waals surface area (Å²) in [4.78, 5) is 32.9. The van der Waals surface area contributed by atoms with Crippen LogP contribution in [0, 0.1) is 12.8 Å². The molecule has 0 bridgehead atoms. The molecule has 1 saturated carbocycles. The fourth-order valence-electron chi connectivity index (χ4n) is 5.66. The number of hydrogen-bond donors (Lipinski definition) is 2. The first-order valence-corrected chi connectivity index (χ1v) is 15.7. The van der Waals surface area contributed by atoms with Gasteiger partial charge in [0.25, 0.3) is 17.4 Å². The van der Waals surface area contributed by atoms with Crippen molar-refractivity contribution in [1.82, 2.24) is 5.32 Å². The Morgan fingerprint density at radius 3 is 2.47 bits per heavy atom. The summed E-state index contributed by atoms with van der Waals surface area (Å²) in [5, 5.41) is 10.4. The number of aryl methyl sites for hydroxylation is 2. The highest BCUT2D eigenvalue weighted by Gasteiger charge is 2.62. The topological polar surface area (TPSA) is 79.8 Å². The summed E-state index contributed by atoms with van der Waals surface area (Å²) < 4.78 is 43.2. The van der Waals surface area contributed by atoms with E-state index in [0.717, 1.165) is 49.0 Å². The molecular formula is C31H28Cl2F3N3O3S. The second kappa shape index (κ2) is 11.4. The number of carbonyl (C=O) groups is 2. The minimum Gasteiger partial charge on any atom is -0.374 e. The number of carbonyl (C=O) groups excluding carboxylic acids is 2. The van der Waals surface area contributed by atoms with Gasteiger partial charge in [-0.2, -0.15) is 13.2 Å². The van der Waals surface area contributed by atoms with Crippen molar-refractivity contribution in [1.29, 1.82) is 0 Å². The summed E-state index contributed by atoms with van der Waals surface area (Å²) >= 11 is 13.4. The Labute approximate surface area is 260 Å². The van der Waals surface area contributed by atoms with E-state index in [1.54, 1.807) is 25.1 Å². The predicted octanol–water partition coefficient (Wildman–Crippen LogP) is 8.22. The van der Waals surface area contributed by atoms with Gasteiger partial charge in [0.2, 0.25) is 0 Å². The number of nitrogens with zero attached hydrogens (tertiary/aromatic N) is 1. The first kappa shape index (κ1) is 30.0. The third-order valence-corrected chi connectivity index (χ3v) is 9.84. The maximum atomic E-state index is 14.4. The quantitative estimate of drug-likeness (QED) is 0.271. The minimum absolute atomic E-state index is 0.0459. The summed E-state index contributed by atoms with van der Waals surface area (Å²) in [6, 6.07) is 8.38. The number of rotatable bonds is 7. The van der Waals surface area contributed by atoms with Crippen LogP contribution in [-0.4, -0.2) is 30.2 Å². The van der Waals surface area contributed by atoms with Gasteiger partial charge in [-0.3, -0.25) is 9.59 Å². The Morgan fingerprint density at radius 2 is 1.79 bits per heavy atom. The molecule has 1 fully saturated rings. The van der Waals surface area contributed by atoms with E-state index in [2.05, 4.69) is 15.8 Å². The highest BCUT2D eigenvalue weighted by atomic mass is 35.5. The zero-order valence-electron chi connectivity index (χ0n) is 23.2. The van der Waals surface area contributed by atoms with Gasteiger partial charge in [0.05, 0.1) is 11.3 Å². The number of nitrogens with one attached hydrogen (secondary N) is 2. The van der Waals surface area contributed by atoms with E-state index in [0.29, 0.717) is 39.7 Å². The van der Waals surface area contributed by atoms with Gasteiger partial charge in [-0.25, -0.2) is 0 Å². The monoisotopic (exact) mass is 649 g/mol. The highest BCUT2D eigenvalue weighted by molar-refractivity contribution is 7.17. The average molecular weight is 651 g/mol. The lowest BCUT2D eigenvalue weighted by Gasteiger charge is -2.29. The molecule has 12 heteroatoms. The highest BCUT2D eigenvalue weighted by Crippen LogP contribution is 2.50. The van der Waals surface area contributed by atoms with Gasteiger partial charge in [0, 0.05) is 39.0 Å². The molecule has 6 rings (SSSR count). The van der Waals surface area contributed by atoms with Crippen LogP contribution in [0.25, 0.3) is 0 Å². The molecule has 2 N–H and O–H groups in total. The van der Waals surface area contributed by atoms with Crippen molar-refractivity contribution in [2.75, 3.05) is 11.9 Å². The van der Waals surface area contributed by atoms with Crippen LogP contribution in [0.2, 0.25) is 10.0 Å². The zero-order valence-corrected chi connectivity index (χ0v) is 25.5. The van der Waals surface area contributed by atoms with E-state index in [-0.39, 0.29) is 27.2 Å². The molecule has 0 saturated heterocycles. The molecule has 1 aromatic heterocycles. The normalized spacial score (nSPS) is 19.8. The fraction of sp³-hybridized carbons (Fsp3) is 0.387. The Balaban J connectivity index is 1.23. The van der Waals surface area contributed by atoms with E-state index >= 15 is 0 Å². The second-order valence-electron chi connectivity index (χ2n) is 11.3. The molecule has 1 atom stereocenters. The molecule has 3 aliphatic rings. The van der Waals surface area contributed by atoms with Crippen molar-refractivity contribution in [3.63, 3.8) is 0 Å². The molecule has 1 aliphatic heterocycles. The van der Waals surface area contributed by atoms with E-state index in [1.807, 2.05) is 0 Å². The van der Waals surface area contributed by atoms with Crippen LogP contribution < -0.4 is 10.6 Å². The maximum absolute atomic E-state index is 14.4. The largest absolute Gasteiger partial charge is 0.435 e. The predicted molar refractivity (Wildman–Crippen MR) is 162 cm³/mol. The van der Waals surface area contributed by atoms with Gasteiger partial charge < -0.3 is 15.5 Å². The SMILES string of the molecule is Cc1cc(C2=NOC(c3cc(Cl)cc(Cl)c3)(C(F)(F)F)C2)ccc1C(=O)Nc1sc2c(c1C(=O)NCC1CC1)CCCC2. The molecule has 43 heavy (non-hydrogen) atoms.